The number of carbonyl (C=O) groups is 1. The molecule has 1 heterocycles. The fourth-order valence-electron chi connectivity index (χ4n) is 1.86. The van der Waals surface area contributed by atoms with Crippen molar-refractivity contribution in [1.82, 2.24) is 4.98 Å². The van der Waals surface area contributed by atoms with Gasteiger partial charge in [-0.15, -0.1) is 11.8 Å². The van der Waals surface area contributed by atoms with E-state index in [0.717, 1.165) is 11.3 Å². The van der Waals surface area contributed by atoms with Crippen molar-refractivity contribution < 1.29 is 9.90 Å². The Morgan fingerprint density at radius 3 is 2.79 bits per heavy atom. The molecule has 0 fully saturated rings. The Balaban J connectivity index is 2.20. The Hall–Kier alpha value is -1.81. The normalized spacial score (nSPS) is 10.4. The van der Waals surface area contributed by atoms with E-state index in [-0.39, 0.29) is 0 Å². The van der Waals surface area contributed by atoms with Crippen LogP contribution in [0.3, 0.4) is 0 Å². The molecule has 0 aliphatic carbocycles. The van der Waals surface area contributed by atoms with Gasteiger partial charge in [0.25, 0.3) is 0 Å². The number of thioether (sulfide) groups is 1. The van der Waals surface area contributed by atoms with E-state index in [4.69, 9.17) is 0 Å². The Bertz CT molecular complexity index is 611. The minimum Gasteiger partial charge on any atom is -0.478 e. The van der Waals surface area contributed by atoms with Crippen LogP contribution in [0, 0.1) is 13.8 Å². The third-order valence-electron chi connectivity index (χ3n) is 2.80. The van der Waals surface area contributed by atoms with E-state index in [1.165, 1.54) is 22.9 Å². The molecule has 0 aliphatic heterocycles. The highest BCUT2D eigenvalue weighted by molar-refractivity contribution is 7.98. The molecule has 0 saturated heterocycles. The van der Waals surface area contributed by atoms with Crippen LogP contribution in [0.5, 0.6) is 0 Å². The summed E-state index contributed by atoms with van der Waals surface area (Å²) in [5, 5.41) is 9.81. The van der Waals surface area contributed by atoms with Crippen LogP contribution >= 0.6 is 11.8 Å². The molecule has 1 N–H and O–H groups in total. The maximum atomic E-state index is 11.3. The van der Waals surface area contributed by atoms with Crippen LogP contribution in [0.15, 0.2) is 41.6 Å². The van der Waals surface area contributed by atoms with Crippen molar-refractivity contribution in [2.24, 2.45) is 0 Å². The standard InChI is InChI=1S/C15H15NO2S/c1-10-4-3-5-12(8-10)9-19-14-13(15(17)18)11(2)6-7-16-14/h3-8H,9H2,1-2H3,(H,17,18). The van der Waals surface area contributed by atoms with E-state index in [1.807, 2.05) is 25.1 Å². The highest BCUT2D eigenvalue weighted by Gasteiger charge is 2.14. The zero-order valence-electron chi connectivity index (χ0n) is 10.9. The topological polar surface area (TPSA) is 50.2 Å². The first kappa shape index (κ1) is 13.6. The van der Waals surface area contributed by atoms with Gasteiger partial charge in [0.1, 0.15) is 5.03 Å². The maximum Gasteiger partial charge on any atom is 0.338 e. The highest BCUT2D eigenvalue weighted by atomic mass is 32.2. The highest BCUT2D eigenvalue weighted by Crippen LogP contribution is 2.26. The number of aromatic nitrogens is 1. The number of nitrogens with zero attached hydrogens (tertiary/aromatic N) is 1. The van der Waals surface area contributed by atoms with Crippen LogP contribution < -0.4 is 0 Å². The van der Waals surface area contributed by atoms with E-state index in [1.54, 1.807) is 19.2 Å². The number of aryl methyl sites for hydroxylation is 2. The van der Waals surface area contributed by atoms with Crippen molar-refractivity contribution in [3.8, 4) is 0 Å². The molecule has 0 radical (unpaired) electrons. The van der Waals surface area contributed by atoms with Crippen molar-refractivity contribution >= 4 is 17.7 Å². The van der Waals surface area contributed by atoms with Crippen LogP contribution in [0.4, 0.5) is 0 Å². The Morgan fingerprint density at radius 2 is 2.11 bits per heavy atom. The summed E-state index contributed by atoms with van der Waals surface area (Å²) in [5.41, 5.74) is 3.42. The van der Waals surface area contributed by atoms with Gasteiger partial charge in [-0.05, 0) is 31.0 Å². The number of benzene rings is 1. The van der Waals surface area contributed by atoms with Crippen LogP contribution in [-0.2, 0) is 5.75 Å². The lowest BCUT2D eigenvalue weighted by Crippen LogP contribution is -2.03. The van der Waals surface area contributed by atoms with Crippen molar-refractivity contribution in [1.29, 1.82) is 0 Å². The van der Waals surface area contributed by atoms with Crippen molar-refractivity contribution in [2.75, 3.05) is 0 Å². The van der Waals surface area contributed by atoms with Gasteiger partial charge < -0.3 is 5.11 Å². The predicted octanol–water partition coefficient (Wildman–Crippen LogP) is 3.69. The van der Waals surface area contributed by atoms with Crippen molar-refractivity contribution in [2.45, 2.75) is 24.6 Å². The number of hydrogen-bond donors (Lipinski definition) is 1. The summed E-state index contributed by atoms with van der Waals surface area (Å²) in [5.74, 6) is -0.198. The van der Waals surface area contributed by atoms with Crippen molar-refractivity contribution in [3.05, 3.63) is 58.8 Å². The summed E-state index contributed by atoms with van der Waals surface area (Å²) in [4.78, 5) is 15.4. The average molecular weight is 273 g/mol. The summed E-state index contributed by atoms with van der Waals surface area (Å²) >= 11 is 1.46. The summed E-state index contributed by atoms with van der Waals surface area (Å²) in [6.07, 6.45) is 1.65. The monoisotopic (exact) mass is 273 g/mol. The maximum absolute atomic E-state index is 11.3. The molecule has 0 atom stereocenters. The summed E-state index contributed by atoms with van der Waals surface area (Å²) in [7, 11) is 0. The van der Waals surface area contributed by atoms with Gasteiger partial charge >= 0.3 is 5.97 Å². The number of carboxylic acids is 1. The molecule has 3 nitrogen and oxygen atoms in total. The van der Waals surface area contributed by atoms with E-state index < -0.39 is 5.97 Å². The van der Waals surface area contributed by atoms with Gasteiger partial charge in [-0.25, -0.2) is 9.78 Å². The molecule has 1 aromatic carbocycles. The van der Waals surface area contributed by atoms with Crippen LogP contribution in [-0.4, -0.2) is 16.1 Å². The number of aromatic carboxylic acids is 1. The fourth-order valence-corrected chi connectivity index (χ4v) is 2.87. The second kappa shape index (κ2) is 5.89. The average Bonchev–Trinajstić information content (AvgIpc) is 2.36. The smallest absolute Gasteiger partial charge is 0.338 e. The second-order valence-corrected chi connectivity index (χ2v) is 5.35. The van der Waals surface area contributed by atoms with E-state index >= 15 is 0 Å². The van der Waals surface area contributed by atoms with Crippen molar-refractivity contribution in [3.63, 3.8) is 0 Å². The molecule has 0 aliphatic rings. The first-order valence-electron chi connectivity index (χ1n) is 5.95. The molecule has 2 aromatic rings. The first-order chi connectivity index (χ1) is 9.08. The lowest BCUT2D eigenvalue weighted by atomic mass is 10.2. The molecule has 1 aromatic heterocycles. The minimum atomic E-state index is -0.919. The lowest BCUT2D eigenvalue weighted by molar-refractivity contribution is 0.0691. The quantitative estimate of drug-likeness (QED) is 0.863. The number of pyridine rings is 1. The van der Waals surface area contributed by atoms with Gasteiger partial charge in [0.05, 0.1) is 5.56 Å². The fraction of sp³-hybridized carbons (Fsp3) is 0.200. The van der Waals surface area contributed by atoms with Crippen LogP contribution in [0.25, 0.3) is 0 Å². The molecular weight excluding hydrogens is 258 g/mol. The first-order valence-corrected chi connectivity index (χ1v) is 6.93. The van der Waals surface area contributed by atoms with Crippen LogP contribution in [0.1, 0.15) is 27.0 Å². The molecule has 2 rings (SSSR count). The zero-order chi connectivity index (χ0) is 13.8. The zero-order valence-corrected chi connectivity index (χ0v) is 11.7. The molecule has 19 heavy (non-hydrogen) atoms. The molecule has 98 valence electrons. The SMILES string of the molecule is Cc1cccc(CSc2nccc(C)c2C(=O)O)c1. The van der Waals surface area contributed by atoms with Gasteiger partial charge in [-0.3, -0.25) is 0 Å². The van der Waals surface area contributed by atoms with Gasteiger partial charge in [0.2, 0.25) is 0 Å². The summed E-state index contributed by atoms with van der Waals surface area (Å²) < 4.78 is 0. The molecule has 0 amide bonds. The lowest BCUT2D eigenvalue weighted by Gasteiger charge is -2.07. The summed E-state index contributed by atoms with van der Waals surface area (Å²) in [6, 6.07) is 9.91. The van der Waals surface area contributed by atoms with Gasteiger partial charge in [0.15, 0.2) is 0 Å². The molecule has 4 heteroatoms. The Morgan fingerprint density at radius 1 is 1.32 bits per heavy atom. The molecular formula is C15H15NO2S. The van der Waals surface area contributed by atoms with Crippen LogP contribution in [0.2, 0.25) is 0 Å². The Kier molecular flexibility index (Phi) is 4.22. The number of rotatable bonds is 4. The Labute approximate surface area is 116 Å². The van der Waals surface area contributed by atoms with E-state index in [2.05, 4.69) is 11.1 Å². The van der Waals surface area contributed by atoms with Gasteiger partial charge in [-0.2, -0.15) is 0 Å². The number of carboxylic acid groups (broad SMARTS) is 1. The minimum absolute atomic E-state index is 0.306. The number of hydrogen-bond acceptors (Lipinski definition) is 3. The molecule has 0 bridgehead atoms. The largest absolute Gasteiger partial charge is 0.478 e. The molecule has 0 unspecified atom stereocenters. The third kappa shape index (κ3) is 3.35. The molecule has 0 saturated carbocycles. The predicted molar refractivity (Wildman–Crippen MR) is 76.7 cm³/mol. The summed E-state index contributed by atoms with van der Waals surface area (Å²) in [6.45, 7) is 3.84. The second-order valence-electron chi connectivity index (χ2n) is 4.39. The molecule has 0 spiro atoms. The third-order valence-corrected chi connectivity index (χ3v) is 3.86. The van der Waals surface area contributed by atoms with E-state index in [9.17, 15) is 9.90 Å². The van der Waals surface area contributed by atoms with Gasteiger partial charge in [0, 0.05) is 11.9 Å². The van der Waals surface area contributed by atoms with E-state index in [0.29, 0.717) is 10.6 Å². The van der Waals surface area contributed by atoms with Gasteiger partial charge in [-0.1, -0.05) is 29.8 Å².